The average Bonchev–Trinajstić information content (AvgIpc) is 3.35. The number of nitrogens with one attached hydrogen (secondary N) is 1. The Morgan fingerprint density at radius 3 is 2.76 bits per heavy atom. The Labute approximate surface area is 169 Å². The van der Waals surface area contributed by atoms with E-state index in [-0.39, 0.29) is 18.4 Å². The molecule has 0 unspecified atom stereocenters. The van der Waals surface area contributed by atoms with E-state index in [0.717, 1.165) is 17.4 Å². The van der Waals surface area contributed by atoms with Crippen LogP contribution >= 0.6 is 0 Å². The predicted octanol–water partition coefficient (Wildman–Crippen LogP) is 1.64. The third kappa shape index (κ3) is 4.02. The second-order valence-electron chi connectivity index (χ2n) is 7.38. The minimum absolute atomic E-state index is 0.0208. The fourth-order valence-corrected chi connectivity index (χ4v) is 3.72. The second-order valence-corrected chi connectivity index (χ2v) is 7.38. The van der Waals surface area contributed by atoms with Crippen LogP contribution in [0.5, 0.6) is 0 Å². The third-order valence-corrected chi connectivity index (χ3v) is 5.51. The van der Waals surface area contributed by atoms with Gasteiger partial charge >= 0.3 is 0 Å². The van der Waals surface area contributed by atoms with Crippen molar-refractivity contribution in [1.82, 2.24) is 24.1 Å². The molecule has 0 spiro atoms. The van der Waals surface area contributed by atoms with Crippen molar-refractivity contribution in [3.05, 3.63) is 48.8 Å². The Kier molecular flexibility index (Phi) is 5.35. The van der Waals surface area contributed by atoms with Crippen molar-refractivity contribution in [3.63, 3.8) is 0 Å². The van der Waals surface area contributed by atoms with Gasteiger partial charge in [0.1, 0.15) is 12.6 Å². The van der Waals surface area contributed by atoms with Crippen molar-refractivity contribution in [3.8, 4) is 0 Å². The van der Waals surface area contributed by atoms with Gasteiger partial charge in [-0.25, -0.2) is 0 Å². The van der Waals surface area contributed by atoms with Gasteiger partial charge in [-0.2, -0.15) is 5.10 Å². The average molecular weight is 394 g/mol. The highest BCUT2D eigenvalue weighted by Gasteiger charge is 2.32. The van der Waals surface area contributed by atoms with Gasteiger partial charge in [0.25, 0.3) is 0 Å². The molecular weight excluding hydrogens is 368 g/mol. The van der Waals surface area contributed by atoms with Crippen LogP contribution in [0.25, 0.3) is 10.9 Å². The number of benzene rings is 1. The van der Waals surface area contributed by atoms with Crippen LogP contribution in [0.15, 0.2) is 48.8 Å². The Morgan fingerprint density at radius 2 is 1.97 bits per heavy atom. The SMILES string of the molecule is CCn1ccc(NC(=O)[C@@H]2CN(C(=O)Cn3ccc4ccccc43)CCN2C)n1. The fraction of sp³-hybridized carbons (Fsp3) is 0.381. The van der Waals surface area contributed by atoms with Crippen LogP contribution in [-0.2, 0) is 22.7 Å². The minimum atomic E-state index is -0.402. The number of carbonyl (C=O) groups is 2. The Balaban J connectivity index is 1.42. The van der Waals surface area contributed by atoms with E-state index in [9.17, 15) is 9.59 Å². The lowest BCUT2D eigenvalue weighted by Crippen LogP contribution is -2.58. The quantitative estimate of drug-likeness (QED) is 0.714. The van der Waals surface area contributed by atoms with E-state index in [1.54, 1.807) is 15.6 Å². The van der Waals surface area contributed by atoms with E-state index < -0.39 is 6.04 Å². The second kappa shape index (κ2) is 8.08. The topological polar surface area (TPSA) is 75.4 Å². The van der Waals surface area contributed by atoms with Crippen molar-refractivity contribution in [2.45, 2.75) is 26.1 Å². The van der Waals surface area contributed by atoms with Crippen LogP contribution in [0, 0.1) is 0 Å². The molecule has 2 aromatic heterocycles. The zero-order valence-electron chi connectivity index (χ0n) is 16.8. The number of para-hydroxylation sites is 1. The number of fused-ring (bicyclic) bond motifs is 1. The first-order valence-electron chi connectivity index (χ1n) is 9.91. The number of aromatic nitrogens is 3. The van der Waals surface area contributed by atoms with Gasteiger partial charge in [0, 0.05) is 50.2 Å². The first-order chi connectivity index (χ1) is 14.0. The molecule has 3 heterocycles. The zero-order valence-corrected chi connectivity index (χ0v) is 16.8. The number of carbonyl (C=O) groups excluding carboxylic acids is 2. The van der Waals surface area contributed by atoms with E-state index in [0.29, 0.717) is 25.5 Å². The van der Waals surface area contributed by atoms with E-state index in [2.05, 4.69) is 10.4 Å². The molecule has 1 aliphatic heterocycles. The molecule has 1 N–H and O–H groups in total. The Bertz CT molecular complexity index is 1020. The van der Waals surface area contributed by atoms with Crippen LogP contribution in [-0.4, -0.2) is 68.7 Å². The maximum absolute atomic E-state index is 12.9. The summed E-state index contributed by atoms with van der Waals surface area (Å²) in [6, 6.07) is 11.4. The van der Waals surface area contributed by atoms with Crippen LogP contribution in [0.4, 0.5) is 5.82 Å². The molecule has 29 heavy (non-hydrogen) atoms. The van der Waals surface area contributed by atoms with Crippen molar-refractivity contribution in [2.75, 3.05) is 32.0 Å². The first-order valence-corrected chi connectivity index (χ1v) is 9.91. The molecule has 3 aromatic rings. The molecule has 0 saturated carbocycles. The van der Waals surface area contributed by atoms with Crippen molar-refractivity contribution >= 4 is 28.5 Å². The van der Waals surface area contributed by atoms with E-state index >= 15 is 0 Å². The number of nitrogens with zero attached hydrogens (tertiary/aromatic N) is 5. The highest BCUT2D eigenvalue weighted by Crippen LogP contribution is 2.16. The van der Waals surface area contributed by atoms with Gasteiger partial charge in [-0.05, 0) is 31.5 Å². The summed E-state index contributed by atoms with van der Waals surface area (Å²) in [7, 11) is 1.91. The van der Waals surface area contributed by atoms with Crippen molar-refractivity contribution in [2.24, 2.45) is 0 Å². The molecule has 1 atom stereocenters. The van der Waals surface area contributed by atoms with E-state index in [1.807, 2.05) is 66.2 Å². The van der Waals surface area contributed by atoms with Gasteiger partial charge in [-0.15, -0.1) is 0 Å². The minimum Gasteiger partial charge on any atom is -0.338 e. The largest absolute Gasteiger partial charge is 0.338 e. The highest BCUT2D eigenvalue weighted by molar-refractivity contribution is 5.94. The van der Waals surface area contributed by atoms with Gasteiger partial charge in [0.2, 0.25) is 11.8 Å². The van der Waals surface area contributed by atoms with Gasteiger partial charge in [0.05, 0.1) is 0 Å². The number of likely N-dealkylation sites (N-methyl/N-ethyl adjacent to an activating group) is 1. The number of hydrogen-bond donors (Lipinski definition) is 1. The van der Waals surface area contributed by atoms with E-state index in [4.69, 9.17) is 0 Å². The third-order valence-electron chi connectivity index (χ3n) is 5.51. The maximum atomic E-state index is 12.9. The molecule has 1 fully saturated rings. The highest BCUT2D eigenvalue weighted by atomic mass is 16.2. The lowest BCUT2D eigenvalue weighted by molar-refractivity contribution is -0.136. The van der Waals surface area contributed by atoms with E-state index in [1.165, 1.54) is 0 Å². The molecule has 1 saturated heterocycles. The first kappa shape index (κ1) is 19.2. The van der Waals surface area contributed by atoms with Crippen LogP contribution < -0.4 is 5.32 Å². The summed E-state index contributed by atoms with van der Waals surface area (Å²) in [6.45, 7) is 4.64. The summed E-state index contributed by atoms with van der Waals surface area (Å²) in [4.78, 5) is 29.5. The predicted molar refractivity (Wildman–Crippen MR) is 111 cm³/mol. The molecule has 0 aliphatic carbocycles. The van der Waals surface area contributed by atoms with Crippen LogP contribution in [0.1, 0.15) is 6.92 Å². The number of rotatable bonds is 5. The molecule has 0 radical (unpaired) electrons. The van der Waals surface area contributed by atoms with Gasteiger partial charge in [-0.1, -0.05) is 18.2 Å². The molecule has 152 valence electrons. The number of aryl methyl sites for hydroxylation is 1. The fourth-order valence-electron chi connectivity index (χ4n) is 3.72. The monoisotopic (exact) mass is 394 g/mol. The van der Waals surface area contributed by atoms with Crippen molar-refractivity contribution < 1.29 is 9.59 Å². The summed E-state index contributed by atoms with van der Waals surface area (Å²) in [5, 5.41) is 8.29. The van der Waals surface area contributed by atoms with Gasteiger partial charge in [-0.3, -0.25) is 19.2 Å². The summed E-state index contributed by atoms with van der Waals surface area (Å²) in [5.41, 5.74) is 1.04. The van der Waals surface area contributed by atoms with Crippen LogP contribution in [0.3, 0.4) is 0 Å². The number of anilines is 1. The van der Waals surface area contributed by atoms with Crippen LogP contribution in [0.2, 0.25) is 0 Å². The number of hydrogen-bond acceptors (Lipinski definition) is 4. The number of piperazine rings is 1. The molecule has 2 amide bonds. The molecule has 8 nitrogen and oxygen atoms in total. The normalized spacial score (nSPS) is 17.6. The van der Waals surface area contributed by atoms with Gasteiger partial charge in [0.15, 0.2) is 5.82 Å². The summed E-state index contributed by atoms with van der Waals surface area (Å²) in [6.07, 6.45) is 3.77. The molecular formula is C21H26N6O2. The summed E-state index contributed by atoms with van der Waals surface area (Å²) >= 11 is 0. The Hall–Kier alpha value is -3.13. The molecule has 1 aliphatic rings. The maximum Gasteiger partial charge on any atom is 0.244 e. The molecule has 8 heteroatoms. The van der Waals surface area contributed by atoms with Crippen molar-refractivity contribution in [1.29, 1.82) is 0 Å². The molecule has 0 bridgehead atoms. The summed E-state index contributed by atoms with van der Waals surface area (Å²) in [5.74, 6) is 0.415. The Morgan fingerprint density at radius 1 is 1.14 bits per heavy atom. The zero-order chi connectivity index (χ0) is 20.4. The summed E-state index contributed by atoms with van der Waals surface area (Å²) < 4.78 is 3.72. The smallest absolute Gasteiger partial charge is 0.244 e. The number of amides is 2. The lowest BCUT2D eigenvalue weighted by atomic mass is 10.1. The molecule has 4 rings (SSSR count). The molecule has 1 aromatic carbocycles. The standard InChI is InChI=1S/C21H26N6O2/c1-3-27-11-9-19(23-27)22-21(29)18-14-26(13-12-24(18)2)20(28)15-25-10-8-16-6-4-5-7-17(16)25/h4-11,18H,3,12-15H2,1-2H3,(H,22,23,29)/t18-/m0/s1. The lowest BCUT2D eigenvalue weighted by Gasteiger charge is -2.38. The van der Waals surface area contributed by atoms with Gasteiger partial charge < -0.3 is 14.8 Å².